The van der Waals surface area contributed by atoms with E-state index in [-0.39, 0.29) is 12.5 Å². The van der Waals surface area contributed by atoms with Gasteiger partial charge in [-0.1, -0.05) is 13.8 Å². The number of nitrogens with one attached hydrogen (secondary N) is 1. The van der Waals surface area contributed by atoms with E-state index < -0.39 is 5.97 Å². The van der Waals surface area contributed by atoms with E-state index in [2.05, 4.69) is 19.2 Å². The maximum absolute atomic E-state index is 11.8. The van der Waals surface area contributed by atoms with Crippen LogP contribution >= 0.6 is 0 Å². The molecule has 0 saturated heterocycles. The molecule has 0 heterocycles. The van der Waals surface area contributed by atoms with Gasteiger partial charge in [0.2, 0.25) is 5.75 Å². The second-order valence-corrected chi connectivity index (χ2v) is 5.93. The average molecular weight is 365 g/mol. The van der Waals surface area contributed by atoms with Crippen molar-refractivity contribution in [3.63, 3.8) is 0 Å². The molecule has 1 aromatic carbocycles. The Morgan fingerprint density at radius 2 is 1.69 bits per heavy atom. The Balaban J connectivity index is 2.61. The third-order valence-corrected chi connectivity index (χ3v) is 3.49. The van der Waals surface area contributed by atoms with Gasteiger partial charge in [0.1, 0.15) is 0 Å². The molecule has 0 aliphatic rings. The summed E-state index contributed by atoms with van der Waals surface area (Å²) >= 11 is 0. The highest BCUT2D eigenvalue weighted by atomic mass is 16.5. The largest absolute Gasteiger partial charge is 0.493 e. The van der Waals surface area contributed by atoms with Crippen molar-refractivity contribution in [1.29, 1.82) is 0 Å². The molecule has 144 valence electrons. The van der Waals surface area contributed by atoms with Gasteiger partial charge in [-0.3, -0.25) is 4.79 Å². The van der Waals surface area contributed by atoms with Gasteiger partial charge >= 0.3 is 5.97 Å². The average Bonchev–Trinajstić information content (AvgIpc) is 2.63. The van der Waals surface area contributed by atoms with Crippen molar-refractivity contribution in [2.45, 2.75) is 20.3 Å². The van der Waals surface area contributed by atoms with E-state index in [9.17, 15) is 9.59 Å². The molecule has 0 spiro atoms. The summed E-state index contributed by atoms with van der Waals surface area (Å²) in [5.41, 5.74) is 0.665. The summed E-state index contributed by atoms with van der Waals surface area (Å²) in [6.07, 6.45) is 3.66. The smallest absolute Gasteiger partial charge is 0.331 e. The highest BCUT2D eigenvalue weighted by molar-refractivity contribution is 5.89. The van der Waals surface area contributed by atoms with Crippen molar-refractivity contribution in [1.82, 2.24) is 5.32 Å². The minimum atomic E-state index is -0.613. The first-order chi connectivity index (χ1) is 12.4. The standard InChI is InChI=1S/C19H27NO6/c1-13(2)8-9-20-17(21)12-26-18(22)7-6-14-10-15(23-3)19(25-5)16(11-14)24-4/h6-7,10-11,13H,8-9,12H2,1-5H3,(H,20,21). The Morgan fingerprint density at radius 1 is 1.08 bits per heavy atom. The normalized spacial score (nSPS) is 10.7. The third kappa shape index (κ3) is 7.04. The molecule has 0 bridgehead atoms. The van der Waals surface area contributed by atoms with E-state index >= 15 is 0 Å². The first-order valence-electron chi connectivity index (χ1n) is 8.32. The van der Waals surface area contributed by atoms with Crippen LogP contribution in [0.15, 0.2) is 18.2 Å². The number of methoxy groups -OCH3 is 3. The van der Waals surface area contributed by atoms with Crippen molar-refractivity contribution < 1.29 is 28.5 Å². The lowest BCUT2D eigenvalue weighted by atomic mass is 10.1. The van der Waals surface area contributed by atoms with Gasteiger partial charge in [0.25, 0.3) is 5.91 Å². The Kier molecular flexibility index (Phi) is 9.05. The Bertz CT molecular complexity index is 614. The fourth-order valence-corrected chi connectivity index (χ4v) is 2.10. The second kappa shape index (κ2) is 11.0. The van der Waals surface area contributed by atoms with Crippen LogP contribution in [0.1, 0.15) is 25.8 Å². The Hall–Kier alpha value is -2.70. The number of benzene rings is 1. The molecular weight excluding hydrogens is 338 g/mol. The van der Waals surface area contributed by atoms with Gasteiger partial charge in [-0.05, 0) is 36.1 Å². The lowest BCUT2D eigenvalue weighted by molar-refractivity contribution is -0.143. The molecule has 7 heteroatoms. The predicted molar refractivity (Wildman–Crippen MR) is 98.6 cm³/mol. The molecule has 0 saturated carbocycles. The summed E-state index contributed by atoms with van der Waals surface area (Å²) in [4.78, 5) is 23.3. The van der Waals surface area contributed by atoms with Crippen LogP contribution in [-0.2, 0) is 14.3 Å². The summed E-state index contributed by atoms with van der Waals surface area (Å²) < 4.78 is 20.7. The van der Waals surface area contributed by atoms with Gasteiger partial charge in [-0.15, -0.1) is 0 Å². The van der Waals surface area contributed by atoms with Crippen LogP contribution in [0, 0.1) is 5.92 Å². The van der Waals surface area contributed by atoms with Gasteiger partial charge in [-0.2, -0.15) is 0 Å². The molecule has 26 heavy (non-hydrogen) atoms. The zero-order valence-electron chi connectivity index (χ0n) is 16.0. The number of rotatable bonds is 10. The van der Waals surface area contributed by atoms with Crippen LogP contribution in [0.25, 0.3) is 6.08 Å². The van der Waals surface area contributed by atoms with E-state index in [1.54, 1.807) is 18.2 Å². The maximum atomic E-state index is 11.8. The van der Waals surface area contributed by atoms with E-state index in [0.29, 0.717) is 35.3 Å². The molecule has 1 amide bonds. The predicted octanol–water partition coefficient (Wildman–Crippen LogP) is 2.43. The lowest BCUT2D eigenvalue weighted by Gasteiger charge is -2.12. The van der Waals surface area contributed by atoms with Crippen molar-refractivity contribution >= 4 is 18.0 Å². The monoisotopic (exact) mass is 365 g/mol. The van der Waals surface area contributed by atoms with Gasteiger partial charge in [-0.25, -0.2) is 4.79 Å². The SMILES string of the molecule is COc1cc(C=CC(=O)OCC(=O)NCCC(C)C)cc(OC)c1OC. The molecule has 7 nitrogen and oxygen atoms in total. The number of amides is 1. The summed E-state index contributed by atoms with van der Waals surface area (Å²) in [5.74, 6) is 0.985. The molecule has 0 aliphatic heterocycles. The van der Waals surface area contributed by atoms with Crippen LogP contribution in [0.2, 0.25) is 0 Å². The number of carbonyl (C=O) groups is 2. The summed E-state index contributed by atoms with van der Waals surface area (Å²) in [6, 6.07) is 3.40. The summed E-state index contributed by atoms with van der Waals surface area (Å²) in [6.45, 7) is 4.39. The van der Waals surface area contributed by atoms with E-state index in [0.717, 1.165) is 6.42 Å². The van der Waals surface area contributed by atoms with Gasteiger partial charge in [0.05, 0.1) is 21.3 Å². The first-order valence-corrected chi connectivity index (χ1v) is 8.32. The number of esters is 1. The number of hydrogen-bond donors (Lipinski definition) is 1. The molecule has 1 N–H and O–H groups in total. The van der Waals surface area contributed by atoms with Crippen molar-refractivity contribution in [3.05, 3.63) is 23.8 Å². The second-order valence-electron chi connectivity index (χ2n) is 5.93. The van der Waals surface area contributed by atoms with Crippen LogP contribution < -0.4 is 19.5 Å². The Morgan fingerprint density at radius 3 is 2.19 bits per heavy atom. The molecule has 0 aromatic heterocycles. The van der Waals surface area contributed by atoms with Crippen LogP contribution in [0.3, 0.4) is 0 Å². The third-order valence-electron chi connectivity index (χ3n) is 3.49. The first kappa shape index (κ1) is 21.3. The van der Waals surface area contributed by atoms with Crippen LogP contribution in [-0.4, -0.2) is 46.4 Å². The minimum absolute atomic E-state index is 0.309. The van der Waals surface area contributed by atoms with Gasteiger partial charge in [0.15, 0.2) is 18.1 Å². The molecule has 0 atom stereocenters. The molecule has 0 fully saturated rings. The summed E-state index contributed by atoms with van der Waals surface area (Å²) in [7, 11) is 4.54. The molecule has 0 unspecified atom stereocenters. The maximum Gasteiger partial charge on any atom is 0.331 e. The minimum Gasteiger partial charge on any atom is -0.493 e. The summed E-state index contributed by atoms with van der Waals surface area (Å²) in [5, 5.41) is 2.70. The topological polar surface area (TPSA) is 83.1 Å². The molecule has 0 radical (unpaired) electrons. The Labute approximate surface area is 154 Å². The molecule has 1 aromatic rings. The van der Waals surface area contributed by atoms with E-state index in [1.807, 2.05) is 0 Å². The fraction of sp³-hybridized carbons (Fsp3) is 0.474. The van der Waals surface area contributed by atoms with E-state index in [1.165, 1.54) is 27.4 Å². The zero-order chi connectivity index (χ0) is 19.5. The van der Waals surface area contributed by atoms with Crippen molar-refractivity contribution in [2.75, 3.05) is 34.5 Å². The highest BCUT2D eigenvalue weighted by Gasteiger charge is 2.12. The van der Waals surface area contributed by atoms with Crippen LogP contribution in [0.5, 0.6) is 17.2 Å². The van der Waals surface area contributed by atoms with Crippen LogP contribution in [0.4, 0.5) is 0 Å². The molecular formula is C19H27NO6. The molecule has 1 rings (SSSR count). The highest BCUT2D eigenvalue weighted by Crippen LogP contribution is 2.38. The van der Waals surface area contributed by atoms with Crippen molar-refractivity contribution in [3.8, 4) is 17.2 Å². The van der Waals surface area contributed by atoms with Gasteiger partial charge in [0, 0.05) is 12.6 Å². The number of hydrogen-bond acceptors (Lipinski definition) is 6. The number of carbonyl (C=O) groups excluding carboxylic acids is 2. The molecule has 0 aliphatic carbocycles. The lowest BCUT2D eigenvalue weighted by Crippen LogP contribution is -2.29. The van der Waals surface area contributed by atoms with Gasteiger partial charge < -0.3 is 24.3 Å². The van der Waals surface area contributed by atoms with E-state index in [4.69, 9.17) is 18.9 Å². The quantitative estimate of drug-likeness (QED) is 0.506. The van der Waals surface area contributed by atoms with Crippen molar-refractivity contribution in [2.24, 2.45) is 5.92 Å². The zero-order valence-corrected chi connectivity index (χ0v) is 16.0. The number of ether oxygens (including phenoxy) is 4. The fourth-order valence-electron chi connectivity index (χ4n) is 2.10.